The lowest BCUT2D eigenvalue weighted by Crippen LogP contribution is -2.47. The van der Waals surface area contributed by atoms with Crippen LogP contribution in [-0.2, 0) is 9.53 Å². The number of rotatable bonds is 6. The van der Waals surface area contributed by atoms with Gasteiger partial charge in [-0.15, -0.1) is 0 Å². The van der Waals surface area contributed by atoms with Gasteiger partial charge in [-0.3, -0.25) is 9.59 Å². The first-order valence-corrected chi connectivity index (χ1v) is 8.67. The lowest BCUT2D eigenvalue weighted by Gasteiger charge is -2.34. The predicted octanol–water partition coefficient (Wildman–Crippen LogP) is 1.44. The van der Waals surface area contributed by atoms with E-state index < -0.39 is 0 Å². The molecule has 1 aromatic heterocycles. The van der Waals surface area contributed by atoms with Crippen LogP contribution < -0.4 is 5.32 Å². The smallest absolute Gasteiger partial charge is 0.256 e. The molecule has 24 heavy (non-hydrogen) atoms. The molecule has 1 aliphatic heterocycles. The number of ether oxygens (including phenoxy) is 1. The van der Waals surface area contributed by atoms with Crippen LogP contribution in [0.3, 0.4) is 0 Å². The number of carbonyl (C=O) groups is 2. The minimum atomic E-state index is -0.197. The number of nitrogens with one attached hydrogen (secondary N) is 1. The number of carbonyl (C=O) groups excluding carboxylic acids is 2. The van der Waals surface area contributed by atoms with Crippen molar-refractivity contribution in [3.63, 3.8) is 0 Å². The molecule has 1 saturated heterocycles. The SMILES string of the molecule is Cc1noc(C)c1C(=O)NCCN(C(=O)C1CC1)C1CCOCC1. The summed E-state index contributed by atoms with van der Waals surface area (Å²) in [4.78, 5) is 26.8. The van der Waals surface area contributed by atoms with Gasteiger partial charge in [-0.1, -0.05) is 5.16 Å². The van der Waals surface area contributed by atoms with Gasteiger partial charge in [0.25, 0.3) is 5.91 Å². The first-order valence-electron chi connectivity index (χ1n) is 8.67. The van der Waals surface area contributed by atoms with E-state index in [4.69, 9.17) is 9.26 Å². The second-order valence-corrected chi connectivity index (χ2v) is 6.60. The lowest BCUT2D eigenvalue weighted by atomic mass is 10.1. The summed E-state index contributed by atoms with van der Waals surface area (Å²) in [6, 6.07) is 0.225. The molecule has 0 spiro atoms. The molecule has 7 heteroatoms. The van der Waals surface area contributed by atoms with E-state index in [9.17, 15) is 9.59 Å². The highest BCUT2D eigenvalue weighted by Gasteiger charge is 2.36. The Morgan fingerprint density at radius 3 is 2.50 bits per heavy atom. The van der Waals surface area contributed by atoms with E-state index in [0.717, 1.165) is 25.7 Å². The normalized spacial score (nSPS) is 18.4. The summed E-state index contributed by atoms with van der Waals surface area (Å²) in [6.45, 7) is 5.83. The molecule has 0 radical (unpaired) electrons. The summed E-state index contributed by atoms with van der Waals surface area (Å²) in [7, 11) is 0. The molecular weight excluding hydrogens is 310 g/mol. The van der Waals surface area contributed by atoms with Crippen LogP contribution in [0.2, 0.25) is 0 Å². The van der Waals surface area contributed by atoms with Crippen LogP contribution in [0.5, 0.6) is 0 Å². The summed E-state index contributed by atoms with van der Waals surface area (Å²) < 4.78 is 10.4. The average Bonchev–Trinajstić information content (AvgIpc) is 3.37. The van der Waals surface area contributed by atoms with Gasteiger partial charge in [0.1, 0.15) is 11.3 Å². The van der Waals surface area contributed by atoms with Gasteiger partial charge in [-0.25, -0.2) is 0 Å². The summed E-state index contributed by atoms with van der Waals surface area (Å²) >= 11 is 0. The molecule has 1 aliphatic carbocycles. The molecule has 1 saturated carbocycles. The third kappa shape index (κ3) is 3.77. The van der Waals surface area contributed by atoms with Crippen molar-refractivity contribution in [1.29, 1.82) is 0 Å². The molecule has 1 aromatic rings. The molecule has 0 atom stereocenters. The zero-order valence-corrected chi connectivity index (χ0v) is 14.3. The molecule has 2 heterocycles. The fourth-order valence-electron chi connectivity index (χ4n) is 3.22. The highest BCUT2D eigenvalue weighted by Crippen LogP contribution is 2.32. The van der Waals surface area contributed by atoms with E-state index in [0.29, 0.717) is 43.3 Å². The van der Waals surface area contributed by atoms with E-state index >= 15 is 0 Å². The highest BCUT2D eigenvalue weighted by atomic mass is 16.5. The molecule has 7 nitrogen and oxygen atoms in total. The minimum Gasteiger partial charge on any atom is -0.381 e. The third-order valence-electron chi connectivity index (χ3n) is 4.74. The zero-order valence-electron chi connectivity index (χ0n) is 14.3. The largest absolute Gasteiger partial charge is 0.381 e. The van der Waals surface area contributed by atoms with Crippen LogP contribution in [0, 0.1) is 19.8 Å². The summed E-state index contributed by atoms with van der Waals surface area (Å²) in [5, 5.41) is 6.69. The van der Waals surface area contributed by atoms with Gasteiger partial charge < -0.3 is 19.5 Å². The van der Waals surface area contributed by atoms with Gasteiger partial charge in [-0.2, -0.15) is 0 Å². The minimum absolute atomic E-state index is 0.186. The van der Waals surface area contributed by atoms with Gasteiger partial charge in [0.15, 0.2) is 0 Å². The Bertz CT molecular complexity index is 583. The van der Waals surface area contributed by atoms with Crippen LogP contribution in [0.25, 0.3) is 0 Å². The maximum Gasteiger partial charge on any atom is 0.256 e. The predicted molar refractivity (Wildman–Crippen MR) is 86.6 cm³/mol. The van der Waals surface area contributed by atoms with Gasteiger partial charge >= 0.3 is 0 Å². The lowest BCUT2D eigenvalue weighted by molar-refractivity contribution is -0.136. The quantitative estimate of drug-likeness (QED) is 0.850. The van der Waals surface area contributed by atoms with E-state index in [-0.39, 0.29) is 23.8 Å². The average molecular weight is 335 g/mol. The fourth-order valence-corrected chi connectivity index (χ4v) is 3.22. The zero-order chi connectivity index (χ0) is 17.1. The number of amides is 2. The topological polar surface area (TPSA) is 84.7 Å². The second-order valence-electron chi connectivity index (χ2n) is 6.60. The molecule has 3 rings (SSSR count). The van der Waals surface area contributed by atoms with Gasteiger partial charge in [0, 0.05) is 38.3 Å². The van der Waals surface area contributed by atoms with E-state index in [1.54, 1.807) is 13.8 Å². The molecule has 2 amide bonds. The van der Waals surface area contributed by atoms with E-state index in [2.05, 4.69) is 10.5 Å². The number of nitrogens with zero attached hydrogens (tertiary/aromatic N) is 2. The van der Waals surface area contributed by atoms with Crippen molar-refractivity contribution < 1.29 is 18.8 Å². The van der Waals surface area contributed by atoms with Crippen molar-refractivity contribution in [3.8, 4) is 0 Å². The van der Waals surface area contributed by atoms with Crippen molar-refractivity contribution in [3.05, 3.63) is 17.0 Å². The van der Waals surface area contributed by atoms with Crippen molar-refractivity contribution >= 4 is 11.8 Å². The first kappa shape index (κ1) is 17.0. The first-order chi connectivity index (χ1) is 11.6. The van der Waals surface area contributed by atoms with Gasteiger partial charge in [0.2, 0.25) is 5.91 Å². The van der Waals surface area contributed by atoms with Crippen molar-refractivity contribution in [2.75, 3.05) is 26.3 Å². The Morgan fingerprint density at radius 1 is 1.21 bits per heavy atom. The van der Waals surface area contributed by atoms with Crippen LogP contribution in [0.4, 0.5) is 0 Å². The maximum atomic E-state index is 12.6. The second kappa shape index (κ2) is 7.34. The van der Waals surface area contributed by atoms with E-state index in [1.165, 1.54) is 0 Å². The molecule has 0 bridgehead atoms. The third-order valence-corrected chi connectivity index (χ3v) is 4.74. The van der Waals surface area contributed by atoms with Gasteiger partial charge in [-0.05, 0) is 39.5 Å². The number of aryl methyl sites for hydroxylation is 2. The highest BCUT2D eigenvalue weighted by molar-refractivity contribution is 5.96. The van der Waals surface area contributed by atoms with Crippen LogP contribution in [0.15, 0.2) is 4.52 Å². The number of aromatic nitrogens is 1. The number of hydrogen-bond acceptors (Lipinski definition) is 5. The van der Waals surface area contributed by atoms with Crippen molar-refractivity contribution in [2.45, 2.75) is 45.6 Å². The Hall–Kier alpha value is -1.89. The standard InChI is InChI=1S/C17H25N3O4/c1-11-15(12(2)24-19-11)16(21)18-7-8-20(17(22)13-3-4-13)14-5-9-23-10-6-14/h13-14H,3-10H2,1-2H3,(H,18,21). The molecule has 0 unspecified atom stereocenters. The van der Waals surface area contributed by atoms with Gasteiger partial charge in [0.05, 0.1) is 5.69 Å². The molecule has 2 aliphatic rings. The molecule has 1 N–H and O–H groups in total. The fraction of sp³-hybridized carbons (Fsp3) is 0.706. The monoisotopic (exact) mass is 335 g/mol. The maximum absolute atomic E-state index is 12.6. The Labute approximate surface area is 141 Å². The summed E-state index contributed by atoms with van der Waals surface area (Å²) in [5.41, 5.74) is 1.07. The summed E-state index contributed by atoms with van der Waals surface area (Å²) in [5.74, 6) is 0.733. The van der Waals surface area contributed by atoms with Crippen LogP contribution in [-0.4, -0.2) is 54.2 Å². The van der Waals surface area contributed by atoms with E-state index in [1.807, 2.05) is 4.90 Å². The molecular formula is C17H25N3O4. The van der Waals surface area contributed by atoms with Crippen LogP contribution in [0.1, 0.15) is 47.5 Å². The Balaban J connectivity index is 1.57. The Kier molecular flexibility index (Phi) is 5.18. The molecule has 2 fully saturated rings. The molecule has 132 valence electrons. The Morgan fingerprint density at radius 2 is 1.92 bits per heavy atom. The number of hydrogen-bond donors (Lipinski definition) is 1. The van der Waals surface area contributed by atoms with Crippen molar-refractivity contribution in [1.82, 2.24) is 15.4 Å². The van der Waals surface area contributed by atoms with Crippen molar-refractivity contribution in [2.24, 2.45) is 5.92 Å². The molecule has 0 aromatic carbocycles. The summed E-state index contributed by atoms with van der Waals surface area (Å²) in [6.07, 6.45) is 3.72. The van der Waals surface area contributed by atoms with Crippen LogP contribution >= 0.6 is 0 Å².